The van der Waals surface area contributed by atoms with Gasteiger partial charge in [0.25, 0.3) is 0 Å². The molecule has 1 heterocycles. The highest BCUT2D eigenvalue weighted by atomic mass is 16.1. The Morgan fingerprint density at radius 1 is 1.27 bits per heavy atom. The summed E-state index contributed by atoms with van der Waals surface area (Å²) in [7, 11) is 0. The van der Waals surface area contributed by atoms with Crippen LogP contribution in [0, 0.1) is 5.92 Å². The second-order valence-electron chi connectivity index (χ2n) is 4.23. The van der Waals surface area contributed by atoms with Gasteiger partial charge < -0.3 is 5.32 Å². The second-order valence-corrected chi connectivity index (χ2v) is 4.23. The second kappa shape index (κ2) is 3.23. The van der Waals surface area contributed by atoms with Gasteiger partial charge in [0.2, 0.25) is 0 Å². The number of ketones is 1. The Morgan fingerprint density at radius 2 is 2.13 bits per heavy atom. The zero-order valence-corrected chi connectivity index (χ0v) is 8.49. The fourth-order valence-corrected chi connectivity index (χ4v) is 2.49. The highest BCUT2D eigenvalue weighted by Gasteiger charge is 2.24. The van der Waals surface area contributed by atoms with Gasteiger partial charge in [0, 0.05) is 23.3 Å². The van der Waals surface area contributed by atoms with E-state index in [1.54, 1.807) is 0 Å². The number of piperidine rings is 1. The molecule has 0 spiro atoms. The van der Waals surface area contributed by atoms with Crippen molar-refractivity contribution in [3.8, 4) is 0 Å². The van der Waals surface area contributed by atoms with E-state index >= 15 is 0 Å². The van der Waals surface area contributed by atoms with Crippen LogP contribution >= 0.6 is 0 Å². The molecule has 0 radical (unpaired) electrons. The summed E-state index contributed by atoms with van der Waals surface area (Å²) in [6.45, 7) is 0.500. The Morgan fingerprint density at radius 3 is 3.07 bits per heavy atom. The maximum absolute atomic E-state index is 11.3. The van der Waals surface area contributed by atoms with Crippen LogP contribution in [0.25, 0.3) is 11.8 Å². The molecule has 76 valence electrons. The molecule has 1 aromatic carbocycles. The molecule has 3 rings (SSSR count). The van der Waals surface area contributed by atoms with Crippen molar-refractivity contribution in [2.24, 2.45) is 5.92 Å². The molecule has 1 atom stereocenters. The number of carbonyl (C=O) groups is 1. The number of fused-ring (bicyclic) bond motifs is 2. The zero-order valence-electron chi connectivity index (χ0n) is 8.49. The van der Waals surface area contributed by atoms with Crippen molar-refractivity contribution in [3.05, 3.63) is 34.7 Å². The van der Waals surface area contributed by atoms with Gasteiger partial charge in [0.15, 0.2) is 5.78 Å². The van der Waals surface area contributed by atoms with Crippen molar-refractivity contribution in [2.75, 3.05) is 6.54 Å². The van der Waals surface area contributed by atoms with E-state index in [0.29, 0.717) is 24.7 Å². The maximum Gasteiger partial charge on any atom is 0.152 e. The molecule has 2 heteroatoms. The van der Waals surface area contributed by atoms with Crippen molar-refractivity contribution < 1.29 is 4.79 Å². The van der Waals surface area contributed by atoms with Gasteiger partial charge in [-0.15, -0.1) is 0 Å². The number of carbonyl (C=O) groups excluding carboxylic acids is 1. The molecule has 1 aliphatic carbocycles. The maximum atomic E-state index is 11.3. The monoisotopic (exact) mass is 199 g/mol. The zero-order chi connectivity index (χ0) is 10.3. The molecule has 0 bridgehead atoms. The highest BCUT2D eigenvalue weighted by Crippen LogP contribution is 2.22. The van der Waals surface area contributed by atoms with Crippen molar-refractivity contribution >= 4 is 17.6 Å². The Labute approximate surface area is 88.3 Å². The number of nitrogens with one attached hydrogen (secondary N) is 1. The first-order valence-corrected chi connectivity index (χ1v) is 5.39. The number of rotatable bonds is 0. The molecular weight excluding hydrogens is 186 g/mol. The number of hydrogen-bond donors (Lipinski definition) is 1. The fourth-order valence-electron chi connectivity index (χ4n) is 2.49. The number of hydrogen-bond acceptors (Lipinski definition) is 2. The van der Waals surface area contributed by atoms with E-state index in [4.69, 9.17) is 0 Å². The smallest absolute Gasteiger partial charge is 0.152 e. The van der Waals surface area contributed by atoms with Crippen LogP contribution in [0.2, 0.25) is 0 Å². The van der Waals surface area contributed by atoms with E-state index in [2.05, 4.69) is 35.7 Å². The van der Waals surface area contributed by atoms with Crippen LogP contribution in [0.5, 0.6) is 0 Å². The first kappa shape index (κ1) is 8.72. The molecule has 0 saturated carbocycles. The molecule has 1 saturated heterocycles. The van der Waals surface area contributed by atoms with E-state index in [9.17, 15) is 4.79 Å². The third kappa shape index (κ3) is 1.37. The molecule has 1 aromatic rings. The molecule has 0 amide bonds. The lowest BCUT2D eigenvalue weighted by Crippen LogP contribution is -2.43. The standard InChI is InChI=1S/C13H13NO/c15-11-7-10-6-5-9-3-1-2-4-12(9)13(10)14-8-11/h1-5,10,14H,6-8H2. The predicted molar refractivity (Wildman–Crippen MR) is 59.3 cm³/mol. The molecule has 1 fully saturated rings. The lowest BCUT2D eigenvalue weighted by Gasteiger charge is -2.27. The summed E-state index contributed by atoms with van der Waals surface area (Å²) in [5.41, 5.74) is 1.27. The molecule has 15 heavy (non-hydrogen) atoms. The van der Waals surface area contributed by atoms with Gasteiger partial charge in [0.05, 0.1) is 6.54 Å². The van der Waals surface area contributed by atoms with Crippen molar-refractivity contribution in [2.45, 2.75) is 12.8 Å². The topological polar surface area (TPSA) is 29.1 Å². The number of benzene rings is 1. The minimum Gasteiger partial charge on any atom is -0.381 e. The van der Waals surface area contributed by atoms with E-state index in [1.165, 1.54) is 16.1 Å². The van der Waals surface area contributed by atoms with E-state index in [1.807, 2.05) is 0 Å². The Balaban J connectivity index is 2.22. The van der Waals surface area contributed by atoms with Crippen LogP contribution in [0.15, 0.2) is 24.3 Å². The number of Topliss-reactive ketones (excluding diaryl/α,β-unsaturated/α-hetero) is 1. The summed E-state index contributed by atoms with van der Waals surface area (Å²) < 4.78 is 0. The first-order chi connectivity index (χ1) is 7.34. The van der Waals surface area contributed by atoms with Crippen molar-refractivity contribution in [3.63, 3.8) is 0 Å². The largest absolute Gasteiger partial charge is 0.381 e. The molecule has 2 aliphatic rings. The molecule has 1 N–H and O–H groups in total. The third-order valence-corrected chi connectivity index (χ3v) is 3.23. The van der Waals surface area contributed by atoms with E-state index in [0.717, 1.165) is 6.42 Å². The van der Waals surface area contributed by atoms with Gasteiger partial charge >= 0.3 is 0 Å². The SMILES string of the molecule is O=C1CNC2=c3ccccc3=CCC2C1. The normalized spacial score (nSPS) is 23.6. The molecule has 1 aliphatic heterocycles. The minimum absolute atomic E-state index is 0.330. The minimum atomic E-state index is 0.330. The molecular formula is C13H13NO. The van der Waals surface area contributed by atoms with E-state index < -0.39 is 0 Å². The average molecular weight is 199 g/mol. The average Bonchev–Trinajstić information content (AvgIpc) is 2.28. The van der Waals surface area contributed by atoms with Gasteiger partial charge in [-0.25, -0.2) is 0 Å². The molecule has 0 aromatic heterocycles. The van der Waals surface area contributed by atoms with Crippen LogP contribution in [-0.2, 0) is 4.79 Å². The Kier molecular flexibility index (Phi) is 1.88. The first-order valence-electron chi connectivity index (χ1n) is 5.39. The quantitative estimate of drug-likeness (QED) is 0.645. The summed E-state index contributed by atoms with van der Waals surface area (Å²) in [6.07, 6.45) is 3.93. The van der Waals surface area contributed by atoms with Crippen molar-refractivity contribution in [1.82, 2.24) is 5.32 Å². The van der Waals surface area contributed by atoms with Crippen molar-refractivity contribution in [1.29, 1.82) is 0 Å². The summed E-state index contributed by atoms with van der Waals surface area (Å²) in [4.78, 5) is 11.3. The lowest BCUT2D eigenvalue weighted by molar-refractivity contribution is -0.119. The summed E-state index contributed by atoms with van der Waals surface area (Å²) in [5.74, 6) is 0.720. The summed E-state index contributed by atoms with van der Waals surface area (Å²) in [6, 6.07) is 8.39. The molecule has 2 nitrogen and oxygen atoms in total. The van der Waals surface area contributed by atoms with Crippen LogP contribution in [0.4, 0.5) is 0 Å². The van der Waals surface area contributed by atoms with Gasteiger partial charge in [0.1, 0.15) is 0 Å². The van der Waals surface area contributed by atoms with E-state index in [-0.39, 0.29) is 0 Å². The van der Waals surface area contributed by atoms with Gasteiger partial charge in [-0.2, -0.15) is 0 Å². The van der Waals surface area contributed by atoms with Crippen LogP contribution in [0.3, 0.4) is 0 Å². The predicted octanol–water partition coefficient (Wildman–Crippen LogP) is 0.158. The third-order valence-electron chi connectivity index (χ3n) is 3.23. The van der Waals surface area contributed by atoms with Crippen LogP contribution in [0.1, 0.15) is 12.8 Å². The summed E-state index contributed by atoms with van der Waals surface area (Å²) >= 11 is 0. The molecule has 1 unspecified atom stereocenters. The van der Waals surface area contributed by atoms with Crippen LogP contribution < -0.4 is 15.8 Å². The van der Waals surface area contributed by atoms with Gasteiger partial charge in [-0.1, -0.05) is 30.3 Å². The van der Waals surface area contributed by atoms with Gasteiger partial charge in [-0.3, -0.25) is 4.79 Å². The van der Waals surface area contributed by atoms with Crippen LogP contribution in [-0.4, -0.2) is 12.3 Å². The highest BCUT2D eigenvalue weighted by molar-refractivity contribution is 5.85. The fraction of sp³-hybridized carbons (Fsp3) is 0.308. The Hall–Kier alpha value is -1.57. The summed E-state index contributed by atoms with van der Waals surface area (Å²) in [5, 5.41) is 5.85. The Bertz CT molecular complexity index is 530. The lowest BCUT2D eigenvalue weighted by atomic mass is 9.87. The van der Waals surface area contributed by atoms with Gasteiger partial charge in [-0.05, 0) is 11.6 Å².